The van der Waals surface area contributed by atoms with Crippen LogP contribution in [0.3, 0.4) is 0 Å². The quantitative estimate of drug-likeness (QED) is 0.0427. The standard InChI is InChI=1S/C38H77O9P/c1-7-8-9-10-11-17-29(2)18-12-19-30(3)20-13-21-31(4)22-14-23-32(5)24-15-25-33(6)26-16-27-45-48(43,44)47-38-37(42)36(41)35(40)34(28-39)46-38/h29-42H,7-28H2,1-6H3,(H,43,44)/p-1/t29-,30-,31-,32-,33-,34+,35+,36-,37-,38+/m0/s1. The molecule has 48 heavy (non-hydrogen) atoms. The topological polar surface area (TPSA) is 149 Å². The Balaban J connectivity index is 2.06. The first kappa shape index (κ1) is 45.9. The van der Waals surface area contributed by atoms with Crippen molar-refractivity contribution in [3.8, 4) is 0 Å². The number of phosphoric acid groups is 1. The van der Waals surface area contributed by atoms with Crippen LogP contribution in [0.1, 0.15) is 170 Å². The van der Waals surface area contributed by atoms with Gasteiger partial charge in [-0.15, -0.1) is 0 Å². The fourth-order valence-electron chi connectivity index (χ4n) is 7.00. The van der Waals surface area contributed by atoms with Crippen LogP contribution in [0.15, 0.2) is 0 Å². The van der Waals surface area contributed by atoms with E-state index in [0.717, 1.165) is 42.9 Å². The minimum Gasteiger partial charge on any atom is -0.756 e. The van der Waals surface area contributed by atoms with Gasteiger partial charge in [0.2, 0.25) is 0 Å². The van der Waals surface area contributed by atoms with Gasteiger partial charge in [0.15, 0.2) is 6.29 Å². The lowest BCUT2D eigenvalue weighted by atomic mass is 9.89. The first-order valence-electron chi connectivity index (χ1n) is 19.7. The molecule has 288 valence electrons. The number of aliphatic hydroxyl groups excluding tert-OH is 4. The number of aliphatic hydroxyl groups is 4. The maximum absolute atomic E-state index is 12.2. The third-order valence-corrected chi connectivity index (χ3v) is 11.5. The van der Waals surface area contributed by atoms with E-state index in [1.54, 1.807) is 0 Å². The Morgan fingerprint density at radius 2 is 1.00 bits per heavy atom. The third-order valence-electron chi connectivity index (χ3n) is 10.5. The number of hydrogen-bond acceptors (Lipinski definition) is 9. The second-order valence-corrected chi connectivity index (χ2v) is 17.0. The van der Waals surface area contributed by atoms with E-state index < -0.39 is 45.1 Å². The number of rotatable bonds is 30. The Kier molecular flexibility index (Phi) is 25.5. The fourth-order valence-corrected chi connectivity index (χ4v) is 7.84. The van der Waals surface area contributed by atoms with Gasteiger partial charge in [-0.05, 0) is 42.4 Å². The van der Waals surface area contributed by atoms with Gasteiger partial charge in [-0.3, -0.25) is 9.09 Å². The van der Waals surface area contributed by atoms with Crippen LogP contribution in [0, 0.1) is 29.6 Å². The van der Waals surface area contributed by atoms with Crippen LogP contribution < -0.4 is 4.89 Å². The van der Waals surface area contributed by atoms with Crippen LogP contribution in [0.5, 0.6) is 0 Å². The van der Waals surface area contributed by atoms with Crippen molar-refractivity contribution in [2.75, 3.05) is 13.2 Å². The van der Waals surface area contributed by atoms with Crippen LogP contribution in [-0.4, -0.2) is 64.3 Å². The summed E-state index contributed by atoms with van der Waals surface area (Å²) in [5.41, 5.74) is 0. The number of phosphoric ester groups is 1. The molecule has 0 aromatic rings. The molecule has 4 N–H and O–H groups in total. The Labute approximate surface area is 294 Å². The zero-order chi connectivity index (χ0) is 36.0. The van der Waals surface area contributed by atoms with E-state index in [2.05, 4.69) is 41.5 Å². The lowest BCUT2D eigenvalue weighted by Crippen LogP contribution is -2.59. The molecule has 0 radical (unpaired) electrons. The minimum atomic E-state index is -4.83. The van der Waals surface area contributed by atoms with Crippen LogP contribution >= 0.6 is 7.82 Å². The first-order chi connectivity index (χ1) is 22.8. The molecule has 1 aliphatic rings. The molecular formula is C38H76O9P-. The molecule has 1 fully saturated rings. The molecule has 10 heteroatoms. The van der Waals surface area contributed by atoms with Gasteiger partial charge >= 0.3 is 0 Å². The summed E-state index contributed by atoms with van der Waals surface area (Å²) < 4.78 is 27.0. The summed E-state index contributed by atoms with van der Waals surface area (Å²) in [4.78, 5) is 12.2. The Morgan fingerprint density at radius 1 is 0.604 bits per heavy atom. The van der Waals surface area contributed by atoms with Gasteiger partial charge in [-0.1, -0.05) is 157 Å². The van der Waals surface area contributed by atoms with Crippen molar-refractivity contribution in [1.29, 1.82) is 0 Å². The van der Waals surface area contributed by atoms with Crippen molar-refractivity contribution < 1.29 is 43.7 Å². The Hall–Kier alpha value is -0.0900. The van der Waals surface area contributed by atoms with E-state index in [4.69, 9.17) is 13.8 Å². The lowest BCUT2D eigenvalue weighted by Gasteiger charge is -2.41. The molecule has 1 rings (SSSR count). The molecule has 0 saturated carbocycles. The average Bonchev–Trinajstić information content (AvgIpc) is 3.03. The van der Waals surface area contributed by atoms with Crippen molar-refractivity contribution in [2.24, 2.45) is 29.6 Å². The molecule has 1 saturated heterocycles. The molecule has 0 amide bonds. The molecule has 0 spiro atoms. The minimum absolute atomic E-state index is 0.0609. The van der Waals surface area contributed by atoms with Crippen molar-refractivity contribution in [3.05, 3.63) is 0 Å². The van der Waals surface area contributed by atoms with Crippen LogP contribution in [0.2, 0.25) is 0 Å². The van der Waals surface area contributed by atoms with Gasteiger partial charge in [0.25, 0.3) is 7.82 Å². The van der Waals surface area contributed by atoms with Gasteiger partial charge in [0, 0.05) is 0 Å². The Morgan fingerprint density at radius 3 is 1.42 bits per heavy atom. The molecule has 11 atom stereocenters. The summed E-state index contributed by atoms with van der Waals surface area (Å²) >= 11 is 0. The predicted molar refractivity (Wildman–Crippen MR) is 192 cm³/mol. The van der Waals surface area contributed by atoms with Gasteiger partial charge in [-0.2, -0.15) is 0 Å². The molecule has 0 bridgehead atoms. The van der Waals surface area contributed by atoms with E-state index in [1.807, 2.05) is 0 Å². The first-order valence-corrected chi connectivity index (χ1v) is 21.2. The summed E-state index contributed by atoms with van der Waals surface area (Å²) in [6, 6.07) is 0. The average molecular weight is 708 g/mol. The highest BCUT2D eigenvalue weighted by Crippen LogP contribution is 2.42. The molecule has 1 unspecified atom stereocenters. The smallest absolute Gasteiger partial charge is 0.270 e. The molecule has 0 aromatic heterocycles. The van der Waals surface area contributed by atoms with Gasteiger partial charge in [-0.25, -0.2) is 0 Å². The molecule has 0 aromatic carbocycles. The largest absolute Gasteiger partial charge is 0.756 e. The molecule has 0 aliphatic carbocycles. The zero-order valence-electron chi connectivity index (χ0n) is 31.6. The Bertz CT molecular complexity index is 815. The number of hydrogen-bond donors (Lipinski definition) is 4. The van der Waals surface area contributed by atoms with E-state index in [-0.39, 0.29) is 6.61 Å². The van der Waals surface area contributed by atoms with Crippen LogP contribution in [-0.2, 0) is 18.3 Å². The van der Waals surface area contributed by atoms with E-state index in [0.29, 0.717) is 12.3 Å². The molecular weight excluding hydrogens is 631 g/mol. The van der Waals surface area contributed by atoms with E-state index in [9.17, 15) is 29.9 Å². The summed E-state index contributed by atoms with van der Waals surface area (Å²) in [6.07, 6.45) is 17.3. The van der Waals surface area contributed by atoms with E-state index >= 15 is 0 Å². The number of unbranched alkanes of at least 4 members (excludes halogenated alkanes) is 4. The van der Waals surface area contributed by atoms with Crippen molar-refractivity contribution in [1.82, 2.24) is 0 Å². The molecule has 1 heterocycles. The van der Waals surface area contributed by atoms with Crippen LogP contribution in [0.4, 0.5) is 0 Å². The zero-order valence-corrected chi connectivity index (χ0v) is 32.5. The summed E-state index contributed by atoms with van der Waals surface area (Å²) in [7, 11) is -4.83. The van der Waals surface area contributed by atoms with Gasteiger partial charge in [0.05, 0.1) is 13.2 Å². The maximum atomic E-state index is 12.2. The van der Waals surface area contributed by atoms with Crippen molar-refractivity contribution in [2.45, 2.75) is 201 Å². The normalized spacial score (nSPS) is 26.1. The van der Waals surface area contributed by atoms with Gasteiger partial charge < -0.3 is 34.6 Å². The third kappa shape index (κ3) is 21.3. The highest BCUT2D eigenvalue weighted by molar-refractivity contribution is 7.45. The highest BCUT2D eigenvalue weighted by atomic mass is 31.2. The maximum Gasteiger partial charge on any atom is 0.270 e. The van der Waals surface area contributed by atoms with Gasteiger partial charge in [0.1, 0.15) is 24.4 Å². The fraction of sp³-hybridized carbons (Fsp3) is 1.00. The summed E-state index contributed by atoms with van der Waals surface area (Å²) in [6.45, 7) is 13.4. The lowest BCUT2D eigenvalue weighted by molar-refractivity contribution is -0.304. The van der Waals surface area contributed by atoms with Crippen LogP contribution in [0.25, 0.3) is 0 Å². The molecule has 9 nitrogen and oxygen atoms in total. The SMILES string of the molecule is CCCCCCC[C@H](C)CCC[C@H](C)CCC[C@H](C)CCC[C@H](C)CCC[C@H](C)CCCOP(=O)([O-])O[C@H]1O[C@H](CO)[C@@H](O)[C@H](O)[C@@H]1O. The molecule has 1 aliphatic heterocycles. The monoisotopic (exact) mass is 708 g/mol. The predicted octanol–water partition coefficient (Wildman–Crippen LogP) is 8.29. The van der Waals surface area contributed by atoms with Crippen molar-refractivity contribution >= 4 is 7.82 Å². The number of ether oxygens (including phenoxy) is 1. The summed E-state index contributed by atoms with van der Waals surface area (Å²) in [5, 5.41) is 38.8. The summed E-state index contributed by atoms with van der Waals surface area (Å²) in [5.74, 6) is 3.73. The van der Waals surface area contributed by atoms with Crippen molar-refractivity contribution in [3.63, 3.8) is 0 Å². The van der Waals surface area contributed by atoms with E-state index in [1.165, 1.54) is 103 Å². The highest BCUT2D eigenvalue weighted by Gasteiger charge is 2.45. The second kappa shape index (κ2) is 26.7. The second-order valence-electron chi connectivity index (χ2n) is 15.7.